The molecule has 1 fully saturated rings. The highest BCUT2D eigenvalue weighted by Gasteiger charge is 2.28. The van der Waals surface area contributed by atoms with E-state index < -0.39 is 5.55 Å². The van der Waals surface area contributed by atoms with E-state index in [9.17, 15) is 4.57 Å². The Morgan fingerprint density at radius 2 is 2.55 bits per heavy atom. The van der Waals surface area contributed by atoms with Gasteiger partial charge in [0, 0.05) is 17.8 Å². The largest absolute Gasteiger partial charge is 0.300 e. The summed E-state index contributed by atoms with van der Waals surface area (Å²) in [5.41, 5.74) is -1.91. The van der Waals surface area contributed by atoms with E-state index in [-0.39, 0.29) is 0 Å². The lowest BCUT2D eigenvalue weighted by atomic mass is 10.1. The number of hydrogen-bond donors (Lipinski definition) is 0. The van der Waals surface area contributed by atoms with Crippen LogP contribution in [0.25, 0.3) is 0 Å². The van der Waals surface area contributed by atoms with Gasteiger partial charge in [-0.1, -0.05) is 22.8 Å². The van der Waals surface area contributed by atoms with Crippen molar-refractivity contribution in [1.29, 1.82) is 0 Å². The summed E-state index contributed by atoms with van der Waals surface area (Å²) in [4.78, 5) is 0. The molecule has 0 radical (unpaired) electrons. The lowest BCUT2D eigenvalue weighted by Gasteiger charge is -2.23. The van der Waals surface area contributed by atoms with Gasteiger partial charge in [-0.05, 0) is 12.7 Å². The molecular weight excluding hydrogens is 195 g/mol. The molecule has 1 nitrogen and oxygen atoms in total. The molecule has 4 heteroatoms. The monoisotopic (exact) mass is 206 g/mol. The van der Waals surface area contributed by atoms with Crippen molar-refractivity contribution in [3.8, 4) is 12.3 Å². The Balaban J connectivity index is 2.49. The second-order valence-corrected chi connectivity index (χ2v) is 11.2. The maximum Gasteiger partial charge on any atom is 0.190 e. The van der Waals surface area contributed by atoms with Gasteiger partial charge in [0.05, 0.1) is 0 Å². The van der Waals surface area contributed by atoms with Crippen molar-refractivity contribution < 1.29 is 4.57 Å². The minimum absolute atomic E-state index is 0.356. The molecular formula is C7H11OPS2. The van der Waals surface area contributed by atoms with E-state index in [1.54, 1.807) is 11.4 Å². The molecule has 1 aliphatic heterocycles. The first-order valence-corrected chi connectivity index (χ1v) is 8.77. The van der Waals surface area contributed by atoms with Crippen LogP contribution in [0.15, 0.2) is 0 Å². The fourth-order valence-electron chi connectivity index (χ4n) is 0.941. The summed E-state index contributed by atoms with van der Waals surface area (Å²) >= 11 is 3.08. The van der Waals surface area contributed by atoms with Gasteiger partial charge in [-0.2, -0.15) is 0 Å². The topological polar surface area (TPSA) is 17.1 Å². The summed E-state index contributed by atoms with van der Waals surface area (Å²) in [7, 11) is 0. The molecule has 1 aliphatic rings. The minimum atomic E-state index is -1.91. The molecule has 1 rings (SSSR count). The van der Waals surface area contributed by atoms with Crippen LogP contribution in [0.1, 0.15) is 6.42 Å². The molecule has 0 aliphatic carbocycles. The van der Waals surface area contributed by atoms with Crippen molar-refractivity contribution >= 4 is 28.3 Å². The highest BCUT2D eigenvalue weighted by molar-refractivity contribution is 8.90. The molecule has 0 aromatic heterocycles. The third-order valence-corrected chi connectivity index (χ3v) is 10.7. The van der Waals surface area contributed by atoms with Crippen molar-refractivity contribution in [3.05, 3.63) is 0 Å². The van der Waals surface area contributed by atoms with E-state index >= 15 is 0 Å². The zero-order valence-corrected chi connectivity index (χ0v) is 8.98. The van der Waals surface area contributed by atoms with Gasteiger partial charge >= 0.3 is 0 Å². The molecule has 0 bridgehead atoms. The van der Waals surface area contributed by atoms with Gasteiger partial charge in [-0.25, -0.2) is 0 Å². The first-order chi connectivity index (χ1) is 5.20. The second-order valence-electron chi connectivity index (χ2n) is 2.47. The lowest BCUT2D eigenvalue weighted by Crippen LogP contribution is -2.07. The summed E-state index contributed by atoms with van der Waals surface area (Å²) < 4.78 is 11.7. The maximum absolute atomic E-state index is 11.7. The van der Waals surface area contributed by atoms with Crippen LogP contribution in [0.2, 0.25) is 0 Å². The normalized spacial score (nSPS) is 38.0. The summed E-state index contributed by atoms with van der Waals surface area (Å²) in [6, 6.07) is 0. The van der Waals surface area contributed by atoms with Gasteiger partial charge in [0.25, 0.3) is 0 Å². The standard InChI is InChI=1S/C7H11OPS2/c1-3-7-4-5-9(8,10-2)11-6-7/h1,7H,4-6H2,2H3. The van der Waals surface area contributed by atoms with Crippen LogP contribution < -0.4 is 0 Å². The van der Waals surface area contributed by atoms with Gasteiger partial charge in [0.2, 0.25) is 0 Å². The number of rotatable bonds is 1. The van der Waals surface area contributed by atoms with E-state index in [1.807, 2.05) is 6.26 Å². The summed E-state index contributed by atoms with van der Waals surface area (Å²) in [5, 5.41) is 0. The molecule has 0 amide bonds. The molecule has 0 aromatic rings. The first-order valence-electron chi connectivity index (χ1n) is 3.45. The second kappa shape index (κ2) is 3.94. The molecule has 62 valence electrons. The van der Waals surface area contributed by atoms with Gasteiger partial charge in [-0.3, -0.25) is 0 Å². The zero-order chi connectivity index (χ0) is 8.32. The van der Waals surface area contributed by atoms with E-state index in [0.29, 0.717) is 5.92 Å². The van der Waals surface area contributed by atoms with Crippen molar-refractivity contribution in [1.82, 2.24) is 0 Å². The fraction of sp³-hybridized carbons (Fsp3) is 0.714. The molecule has 2 unspecified atom stereocenters. The predicted octanol–water partition coefficient (Wildman–Crippen LogP) is 2.93. The van der Waals surface area contributed by atoms with Crippen molar-refractivity contribution in [2.75, 3.05) is 18.2 Å². The first kappa shape index (κ1) is 9.58. The van der Waals surface area contributed by atoms with Gasteiger partial charge < -0.3 is 4.57 Å². The zero-order valence-electron chi connectivity index (χ0n) is 6.45. The van der Waals surface area contributed by atoms with E-state index in [4.69, 9.17) is 6.42 Å². The van der Waals surface area contributed by atoms with Crippen LogP contribution in [-0.4, -0.2) is 18.2 Å². The quantitative estimate of drug-likeness (QED) is 0.485. The lowest BCUT2D eigenvalue weighted by molar-refractivity contribution is 0.587. The summed E-state index contributed by atoms with van der Waals surface area (Å²) in [6.45, 7) is 0. The molecule has 11 heavy (non-hydrogen) atoms. The Kier molecular flexibility index (Phi) is 3.43. The Labute approximate surface area is 76.0 Å². The SMILES string of the molecule is C#CC1CCP(=O)(SC)SC1. The minimum Gasteiger partial charge on any atom is -0.300 e. The highest BCUT2D eigenvalue weighted by Crippen LogP contribution is 2.70. The number of terminal acetylenes is 1. The van der Waals surface area contributed by atoms with Crippen molar-refractivity contribution in [3.63, 3.8) is 0 Å². The van der Waals surface area contributed by atoms with Crippen LogP contribution in [0, 0.1) is 18.3 Å². The van der Waals surface area contributed by atoms with Crippen LogP contribution in [0.3, 0.4) is 0 Å². The average molecular weight is 206 g/mol. The van der Waals surface area contributed by atoms with Gasteiger partial charge in [-0.15, -0.1) is 12.3 Å². The molecule has 0 N–H and O–H groups in total. The van der Waals surface area contributed by atoms with Crippen LogP contribution in [0.4, 0.5) is 0 Å². The van der Waals surface area contributed by atoms with Crippen molar-refractivity contribution in [2.45, 2.75) is 6.42 Å². The summed E-state index contributed by atoms with van der Waals surface area (Å²) in [5.74, 6) is 3.95. The predicted molar refractivity (Wildman–Crippen MR) is 55.4 cm³/mol. The van der Waals surface area contributed by atoms with E-state index in [0.717, 1.165) is 18.3 Å². The Morgan fingerprint density at radius 3 is 2.91 bits per heavy atom. The average Bonchev–Trinajstić information content (AvgIpc) is 2.06. The van der Waals surface area contributed by atoms with Gasteiger partial charge in [0.1, 0.15) is 0 Å². The maximum atomic E-state index is 11.7. The number of hydrogen-bond acceptors (Lipinski definition) is 3. The van der Waals surface area contributed by atoms with E-state index in [2.05, 4.69) is 5.92 Å². The smallest absolute Gasteiger partial charge is 0.190 e. The molecule has 0 spiro atoms. The Hall–Kier alpha value is 0.490. The van der Waals surface area contributed by atoms with Crippen LogP contribution >= 0.6 is 28.3 Å². The highest BCUT2D eigenvalue weighted by atomic mass is 33.1. The third-order valence-electron chi connectivity index (χ3n) is 1.74. The molecule has 0 aromatic carbocycles. The Morgan fingerprint density at radius 1 is 1.82 bits per heavy atom. The molecule has 0 saturated carbocycles. The molecule has 1 saturated heterocycles. The summed E-state index contributed by atoms with van der Waals surface area (Å²) in [6.07, 6.45) is 8.95. The third kappa shape index (κ3) is 2.47. The van der Waals surface area contributed by atoms with Crippen LogP contribution in [0.5, 0.6) is 0 Å². The van der Waals surface area contributed by atoms with Gasteiger partial charge in [0.15, 0.2) is 5.55 Å². The molecule has 2 atom stereocenters. The Bertz CT molecular complexity index is 209. The van der Waals surface area contributed by atoms with E-state index in [1.165, 1.54) is 11.4 Å². The molecule has 1 heterocycles. The van der Waals surface area contributed by atoms with Crippen LogP contribution in [-0.2, 0) is 4.57 Å². The van der Waals surface area contributed by atoms with Crippen molar-refractivity contribution in [2.24, 2.45) is 5.92 Å². The fourth-order valence-corrected chi connectivity index (χ4v) is 7.26.